The van der Waals surface area contributed by atoms with E-state index >= 15 is 0 Å². The zero-order valence-electron chi connectivity index (χ0n) is 15.0. The molecule has 0 saturated carbocycles. The molecule has 144 valence electrons. The lowest BCUT2D eigenvalue weighted by molar-refractivity contribution is 0.000876. The number of imide groups is 1. The molecule has 0 radical (unpaired) electrons. The number of hydrogen-bond acceptors (Lipinski definition) is 3. The van der Waals surface area contributed by atoms with E-state index in [2.05, 4.69) is 0 Å². The topological polar surface area (TPSA) is 57.7 Å². The highest BCUT2D eigenvalue weighted by Gasteiger charge is 2.41. The van der Waals surface area contributed by atoms with Crippen LogP contribution in [-0.2, 0) is 6.54 Å². The van der Waals surface area contributed by atoms with Gasteiger partial charge in [-0.05, 0) is 42.0 Å². The van der Waals surface area contributed by atoms with Gasteiger partial charge in [0.15, 0.2) is 0 Å². The van der Waals surface area contributed by atoms with E-state index in [0.717, 1.165) is 10.0 Å². The molecule has 0 aliphatic carbocycles. The fourth-order valence-electron chi connectivity index (χ4n) is 3.17. The van der Waals surface area contributed by atoms with Crippen molar-refractivity contribution in [2.24, 2.45) is 0 Å². The second-order valence-electron chi connectivity index (χ2n) is 6.44. The molecule has 0 saturated heterocycles. The van der Waals surface area contributed by atoms with Crippen LogP contribution in [0.25, 0.3) is 0 Å². The lowest BCUT2D eigenvalue weighted by atomic mass is 10.1. The Morgan fingerprint density at radius 3 is 1.93 bits per heavy atom. The third-order valence-corrected chi connectivity index (χ3v) is 5.18. The van der Waals surface area contributed by atoms with E-state index in [4.69, 9.17) is 23.2 Å². The largest absolute Gasteiger partial charge is 0.280 e. The smallest absolute Gasteiger partial charge is 0.267 e. The van der Waals surface area contributed by atoms with E-state index in [1.165, 1.54) is 0 Å². The van der Waals surface area contributed by atoms with Gasteiger partial charge in [0, 0.05) is 5.02 Å². The van der Waals surface area contributed by atoms with Crippen LogP contribution in [0.1, 0.15) is 36.6 Å². The van der Waals surface area contributed by atoms with Crippen LogP contribution in [0.15, 0.2) is 72.8 Å². The number of hydrazine groups is 1. The summed E-state index contributed by atoms with van der Waals surface area (Å²) in [6, 6.07) is 19.8. The first-order valence-electron chi connectivity index (χ1n) is 8.76. The summed E-state index contributed by atoms with van der Waals surface area (Å²) in [6.45, 7) is -0.00725. The number of nitrogens with zero attached hydrogens (tertiary/aromatic N) is 2. The number of hydrogen-bond donors (Lipinski definition) is 0. The van der Waals surface area contributed by atoms with Gasteiger partial charge in [0.2, 0.25) is 0 Å². The lowest BCUT2D eigenvalue weighted by Gasteiger charge is -2.30. The van der Waals surface area contributed by atoms with E-state index in [1.54, 1.807) is 72.8 Å². The molecule has 1 aliphatic rings. The van der Waals surface area contributed by atoms with Crippen molar-refractivity contribution >= 4 is 40.9 Å². The molecule has 1 aliphatic heterocycles. The first-order chi connectivity index (χ1) is 14.0. The summed E-state index contributed by atoms with van der Waals surface area (Å²) in [5, 5.41) is 2.77. The molecule has 29 heavy (non-hydrogen) atoms. The van der Waals surface area contributed by atoms with Crippen molar-refractivity contribution in [2.75, 3.05) is 0 Å². The minimum atomic E-state index is -0.556. The van der Waals surface area contributed by atoms with Crippen molar-refractivity contribution in [1.29, 1.82) is 0 Å². The van der Waals surface area contributed by atoms with Gasteiger partial charge in [-0.25, -0.2) is 5.01 Å². The Balaban J connectivity index is 1.77. The minimum Gasteiger partial charge on any atom is -0.267 e. The lowest BCUT2D eigenvalue weighted by Crippen LogP contribution is -2.49. The van der Waals surface area contributed by atoms with Crippen molar-refractivity contribution in [1.82, 2.24) is 10.0 Å². The van der Waals surface area contributed by atoms with Crippen LogP contribution < -0.4 is 0 Å². The van der Waals surface area contributed by atoms with Crippen molar-refractivity contribution in [3.05, 3.63) is 105 Å². The Bertz CT molecular complexity index is 1090. The van der Waals surface area contributed by atoms with E-state index < -0.39 is 17.7 Å². The summed E-state index contributed by atoms with van der Waals surface area (Å²) in [5.74, 6) is -1.67. The van der Waals surface area contributed by atoms with Crippen LogP contribution in [0.4, 0.5) is 0 Å². The van der Waals surface area contributed by atoms with Gasteiger partial charge in [0.25, 0.3) is 17.7 Å². The molecule has 5 nitrogen and oxygen atoms in total. The zero-order valence-corrected chi connectivity index (χ0v) is 16.5. The quantitative estimate of drug-likeness (QED) is 0.562. The number of carbonyl (C=O) groups is 3. The fourth-order valence-corrected chi connectivity index (χ4v) is 3.51. The molecule has 0 fully saturated rings. The van der Waals surface area contributed by atoms with E-state index in [9.17, 15) is 14.4 Å². The van der Waals surface area contributed by atoms with Gasteiger partial charge in [0.1, 0.15) is 0 Å². The van der Waals surface area contributed by atoms with Crippen LogP contribution in [0.3, 0.4) is 0 Å². The highest BCUT2D eigenvalue weighted by molar-refractivity contribution is 6.34. The zero-order chi connectivity index (χ0) is 20.5. The number of carbonyl (C=O) groups excluding carboxylic acids is 3. The number of halogens is 2. The maximum Gasteiger partial charge on any atom is 0.280 e. The summed E-state index contributed by atoms with van der Waals surface area (Å²) >= 11 is 12.1. The van der Waals surface area contributed by atoms with Crippen molar-refractivity contribution in [3.63, 3.8) is 0 Å². The highest BCUT2D eigenvalue weighted by atomic mass is 35.5. The Kier molecular flexibility index (Phi) is 5.09. The maximum atomic E-state index is 13.3. The van der Waals surface area contributed by atoms with Gasteiger partial charge in [0.05, 0.1) is 28.3 Å². The molecule has 0 atom stereocenters. The maximum absolute atomic E-state index is 13.3. The van der Waals surface area contributed by atoms with Crippen molar-refractivity contribution < 1.29 is 14.4 Å². The van der Waals surface area contributed by atoms with E-state index in [1.807, 2.05) is 0 Å². The second-order valence-corrected chi connectivity index (χ2v) is 7.28. The predicted molar refractivity (Wildman–Crippen MR) is 110 cm³/mol. The molecule has 3 amide bonds. The van der Waals surface area contributed by atoms with Gasteiger partial charge in [-0.2, -0.15) is 5.01 Å². The number of rotatable bonds is 4. The number of benzene rings is 3. The van der Waals surface area contributed by atoms with Crippen LogP contribution >= 0.6 is 23.2 Å². The average Bonchev–Trinajstić information content (AvgIpc) is 2.98. The summed E-state index contributed by atoms with van der Waals surface area (Å²) in [4.78, 5) is 39.3. The molecule has 7 heteroatoms. The van der Waals surface area contributed by atoms with Crippen molar-refractivity contribution in [2.45, 2.75) is 6.54 Å². The van der Waals surface area contributed by atoms with Gasteiger partial charge >= 0.3 is 0 Å². The molecular weight excluding hydrogens is 411 g/mol. The molecule has 1 heterocycles. The van der Waals surface area contributed by atoms with Gasteiger partial charge < -0.3 is 0 Å². The van der Waals surface area contributed by atoms with Crippen LogP contribution in [0.2, 0.25) is 10.0 Å². The molecule has 0 spiro atoms. The summed E-state index contributed by atoms with van der Waals surface area (Å²) in [7, 11) is 0. The molecule has 0 bridgehead atoms. The van der Waals surface area contributed by atoms with Gasteiger partial charge in [-0.15, -0.1) is 0 Å². The summed E-state index contributed by atoms with van der Waals surface area (Å²) in [5.41, 5.74) is 1.40. The van der Waals surface area contributed by atoms with Crippen molar-refractivity contribution in [3.8, 4) is 0 Å². The Hall–Kier alpha value is -3.15. The SMILES string of the molecule is O=C(c1ccccc1Cl)N(Cc1ccc(Cl)cc1)N1C(=O)c2ccccc2C1=O. The van der Waals surface area contributed by atoms with Crippen LogP contribution in [0.5, 0.6) is 0 Å². The highest BCUT2D eigenvalue weighted by Crippen LogP contribution is 2.28. The molecule has 0 N–H and O–H groups in total. The third-order valence-electron chi connectivity index (χ3n) is 4.60. The Labute approximate surface area is 177 Å². The molecule has 4 rings (SSSR count). The molecule has 3 aromatic carbocycles. The Morgan fingerprint density at radius 1 is 0.793 bits per heavy atom. The fraction of sp³-hybridized carbons (Fsp3) is 0.0455. The normalized spacial score (nSPS) is 12.8. The molecule has 0 aromatic heterocycles. The second kappa shape index (κ2) is 7.70. The third kappa shape index (κ3) is 3.50. The average molecular weight is 425 g/mol. The molecular formula is C22H14Cl2N2O3. The van der Waals surface area contributed by atoms with Gasteiger partial charge in [-0.3, -0.25) is 14.4 Å². The number of amides is 3. The molecule has 3 aromatic rings. The van der Waals surface area contributed by atoms with Crippen LogP contribution in [-0.4, -0.2) is 27.7 Å². The molecule has 0 unspecified atom stereocenters. The van der Waals surface area contributed by atoms with Crippen LogP contribution in [0, 0.1) is 0 Å². The summed E-state index contributed by atoms with van der Waals surface area (Å²) in [6.07, 6.45) is 0. The first kappa shape index (κ1) is 19.2. The van der Waals surface area contributed by atoms with E-state index in [-0.39, 0.29) is 28.3 Å². The minimum absolute atomic E-state index is 0.00725. The summed E-state index contributed by atoms with van der Waals surface area (Å²) < 4.78 is 0. The number of fused-ring (bicyclic) bond motifs is 1. The predicted octanol–water partition coefficient (Wildman–Crippen LogP) is 4.85. The standard InChI is InChI=1S/C22H14Cl2N2O3/c23-15-11-9-14(10-12-15)13-25(20(27)18-7-3-4-8-19(18)24)26-21(28)16-5-1-2-6-17(16)22(26)29/h1-12H,13H2. The Morgan fingerprint density at radius 2 is 1.34 bits per heavy atom. The van der Waals surface area contributed by atoms with Gasteiger partial charge in [-0.1, -0.05) is 59.6 Å². The first-order valence-corrected chi connectivity index (χ1v) is 9.51. The van der Waals surface area contributed by atoms with E-state index in [0.29, 0.717) is 10.6 Å². The monoisotopic (exact) mass is 424 g/mol.